The van der Waals surface area contributed by atoms with Crippen LogP contribution >= 0.6 is 23.2 Å². The topological polar surface area (TPSA) is 86.8 Å². The van der Waals surface area contributed by atoms with Crippen molar-refractivity contribution < 1.29 is 18.0 Å². The number of halogens is 2. The van der Waals surface area contributed by atoms with Gasteiger partial charge in [-0.3, -0.25) is 9.59 Å². The highest BCUT2D eigenvalue weighted by Crippen LogP contribution is 2.25. The van der Waals surface area contributed by atoms with E-state index in [4.69, 9.17) is 23.2 Å². The lowest BCUT2D eigenvalue weighted by molar-refractivity contribution is -0.141. The van der Waals surface area contributed by atoms with E-state index in [1.54, 1.807) is 30.3 Å². The molecule has 2 amide bonds. The molecule has 4 rings (SSSR count). The zero-order valence-electron chi connectivity index (χ0n) is 22.1. The number of nitrogens with zero attached hydrogens (tertiary/aromatic N) is 2. The number of fused-ring (bicyclic) bond motifs is 1. The first kappa shape index (κ1) is 29.6. The maximum atomic E-state index is 13.8. The molecule has 4 aromatic rings. The third-order valence-corrected chi connectivity index (χ3v) is 9.05. The summed E-state index contributed by atoms with van der Waals surface area (Å²) in [6, 6.07) is 25.5. The summed E-state index contributed by atoms with van der Waals surface area (Å²) in [5.74, 6) is -0.940. The summed E-state index contributed by atoms with van der Waals surface area (Å²) in [5, 5.41) is 5.07. The lowest BCUT2D eigenvalue weighted by Gasteiger charge is -2.32. The molecule has 0 aliphatic rings. The van der Waals surface area contributed by atoms with Crippen molar-refractivity contribution in [3.8, 4) is 0 Å². The molecule has 0 fully saturated rings. The molecule has 0 saturated carbocycles. The van der Waals surface area contributed by atoms with Gasteiger partial charge in [-0.25, -0.2) is 8.42 Å². The summed E-state index contributed by atoms with van der Waals surface area (Å²) in [5.41, 5.74) is 1.41. The molecule has 0 aromatic heterocycles. The lowest BCUT2D eigenvalue weighted by Crippen LogP contribution is -2.52. The van der Waals surface area contributed by atoms with Gasteiger partial charge in [0.15, 0.2) is 0 Å². The van der Waals surface area contributed by atoms with Gasteiger partial charge in [-0.1, -0.05) is 89.9 Å². The molecule has 0 unspecified atom stereocenters. The Balaban J connectivity index is 1.67. The van der Waals surface area contributed by atoms with E-state index in [9.17, 15) is 18.0 Å². The van der Waals surface area contributed by atoms with Crippen molar-refractivity contribution >= 4 is 55.8 Å². The number of carbonyl (C=O) groups is 2. The molecule has 40 heavy (non-hydrogen) atoms. The number of sulfonamides is 1. The van der Waals surface area contributed by atoms with E-state index in [-0.39, 0.29) is 23.8 Å². The van der Waals surface area contributed by atoms with Crippen LogP contribution in [0.2, 0.25) is 10.0 Å². The molecule has 1 N–H and O–H groups in total. The smallest absolute Gasteiger partial charge is 0.243 e. The highest BCUT2D eigenvalue weighted by Gasteiger charge is 2.33. The number of amides is 2. The maximum Gasteiger partial charge on any atom is 0.243 e. The van der Waals surface area contributed by atoms with Crippen LogP contribution in [0.15, 0.2) is 95.9 Å². The van der Waals surface area contributed by atoms with E-state index in [1.165, 1.54) is 25.1 Å². The number of nitrogens with one attached hydrogen (secondary N) is 1. The molecular formula is C30H29Cl2N3O4S. The summed E-state index contributed by atoms with van der Waals surface area (Å²) in [7, 11) is -1.17. The second kappa shape index (κ2) is 12.8. The van der Waals surface area contributed by atoms with E-state index in [1.807, 2.05) is 54.6 Å². The van der Waals surface area contributed by atoms with Crippen LogP contribution in [0, 0.1) is 0 Å². The van der Waals surface area contributed by atoms with Gasteiger partial charge in [-0.2, -0.15) is 4.31 Å². The zero-order chi connectivity index (χ0) is 28.9. The van der Waals surface area contributed by atoms with E-state index in [2.05, 4.69) is 5.32 Å². The number of carbonyl (C=O) groups excluding carboxylic acids is 2. The Kier molecular flexibility index (Phi) is 9.48. The first-order valence-electron chi connectivity index (χ1n) is 12.5. The zero-order valence-corrected chi connectivity index (χ0v) is 24.4. The van der Waals surface area contributed by atoms with Gasteiger partial charge >= 0.3 is 0 Å². The number of hydrogen-bond acceptors (Lipinski definition) is 4. The van der Waals surface area contributed by atoms with Gasteiger partial charge in [-0.05, 0) is 46.2 Å². The van der Waals surface area contributed by atoms with Crippen LogP contribution in [0.25, 0.3) is 10.8 Å². The quantitative estimate of drug-likeness (QED) is 0.274. The van der Waals surface area contributed by atoms with Gasteiger partial charge in [0.25, 0.3) is 0 Å². The van der Waals surface area contributed by atoms with Crippen molar-refractivity contribution in [1.29, 1.82) is 0 Å². The average molecular weight is 599 g/mol. The Morgan fingerprint density at radius 2 is 1.55 bits per heavy atom. The standard InChI is InChI=1S/C30H29Cl2N3O4S/c1-33-30(37)28(16-21-8-4-3-5-9-21)35(19-24-12-14-25(31)18-27(24)32)29(36)20-34(2)40(38,39)26-15-13-22-10-6-7-11-23(22)17-26/h3-15,17-18,28H,16,19-20H2,1-2H3,(H,33,37)/t28-/m1/s1. The molecule has 208 valence electrons. The molecule has 0 aliphatic carbocycles. The Bertz CT molecular complexity index is 1630. The predicted octanol–water partition coefficient (Wildman–Crippen LogP) is 5.15. The predicted molar refractivity (Wildman–Crippen MR) is 159 cm³/mol. The summed E-state index contributed by atoms with van der Waals surface area (Å²) < 4.78 is 27.9. The monoisotopic (exact) mass is 597 g/mol. The van der Waals surface area contributed by atoms with Crippen LogP contribution in [0.4, 0.5) is 0 Å². The normalized spacial score (nSPS) is 12.3. The van der Waals surface area contributed by atoms with Gasteiger partial charge in [0, 0.05) is 37.1 Å². The summed E-state index contributed by atoms with van der Waals surface area (Å²) in [6.07, 6.45) is 0.221. The number of likely N-dealkylation sites (N-methyl/N-ethyl adjacent to an activating group) is 2. The molecule has 0 bridgehead atoms. The molecule has 0 saturated heterocycles. The second-order valence-corrected chi connectivity index (χ2v) is 12.2. The molecule has 10 heteroatoms. The van der Waals surface area contributed by atoms with Gasteiger partial charge in [-0.15, -0.1) is 0 Å². The van der Waals surface area contributed by atoms with Crippen LogP contribution in [-0.2, 0) is 32.6 Å². The summed E-state index contributed by atoms with van der Waals surface area (Å²) >= 11 is 12.5. The minimum Gasteiger partial charge on any atom is -0.357 e. The van der Waals surface area contributed by atoms with Crippen LogP contribution in [0.3, 0.4) is 0 Å². The lowest BCUT2D eigenvalue weighted by atomic mass is 10.0. The average Bonchev–Trinajstić information content (AvgIpc) is 2.95. The fourth-order valence-electron chi connectivity index (χ4n) is 4.43. The van der Waals surface area contributed by atoms with Gasteiger partial charge in [0.05, 0.1) is 11.4 Å². The maximum absolute atomic E-state index is 13.8. The fourth-order valence-corrected chi connectivity index (χ4v) is 6.05. The fraction of sp³-hybridized carbons (Fsp3) is 0.200. The minimum atomic E-state index is -4.01. The van der Waals surface area contributed by atoms with Crippen LogP contribution in [-0.4, -0.2) is 56.1 Å². The first-order chi connectivity index (χ1) is 19.1. The van der Waals surface area contributed by atoms with Crippen molar-refractivity contribution in [2.75, 3.05) is 20.6 Å². The highest BCUT2D eigenvalue weighted by atomic mass is 35.5. The Hall–Kier alpha value is -3.43. The summed E-state index contributed by atoms with van der Waals surface area (Å²) in [4.78, 5) is 28.4. The molecule has 0 aliphatic heterocycles. The third-order valence-electron chi connectivity index (χ3n) is 6.66. The van der Waals surface area contributed by atoms with Crippen LogP contribution in [0.1, 0.15) is 11.1 Å². The van der Waals surface area contributed by atoms with Crippen LogP contribution < -0.4 is 5.32 Å². The van der Waals surface area contributed by atoms with Crippen molar-refractivity contribution in [1.82, 2.24) is 14.5 Å². The van der Waals surface area contributed by atoms with E-state index < -0.39 is 28.5 Å². The molecular weight excluding hydrogens is 569 g/mol. The number of hydrogen-bond donors (Lipinski definition) is 1. The largest absolute Gasteiger partial charge is 0.357 e. The Labute approximate surface area is 244 Å². The minimum absolute atomic E-state index is 0.0242. The van der Waals surface area contributed by atoms with Crippen molar-refractivity contribution in [2.24, 2.45) is 0 Å². The van der Waals surface area contributed by atoms with Gasteiger partial charge in [0.1, 0.15) is 6.04 Å². The molecule has 0 heterocycles. The van der Waals surface area contributed by atoms with Crippen molar-refractivity contribution in [3.05, 3.63) is 112 Å². The second-order valence-electron chi connectivity index (χ2n) is 9.35. The molecule has 7 nitrogen and oxygen atoms in total. The number of rotatable bonds is 10. The molecule has 0 spiro atoms. The van der Waals surface area contributed by atoms with Gasteiger partial charge < -0.3 is 10.2 Å². The SMILES string of the molecule is CNC(=O)[C@@H](Cc1ccccc1)N(Cc1ccc(Cl)cc1Cl)C(=O)CN(C)S(=O)(=O)c1ccc2ccccc2c1. The van der Waals surface area contributed by atoms with Crippen molar-refractivity contribution in [2.45, 2.75) is 23.9 Å². The Morgan fingerprint density at radius 3 is 2.23 bits per heavy atom. The highest BCUT2D eigenvalue weighted by molar-refractivity contribution is 7.89. The molecule has 4 aromatic carbocycles. The third kappa shape index (κ3) is 6.82. The van der Waals surface area contributed by atoms with Crippen LogP contribution in [0.5, 0.6) is 0 Å². The molecule has 0 radical (unpaired) electrons. The van der Waals surface area contributed by atoms with Crippen molar-refractivity contribution in [3.63, 3.8) is 0 Å². The Morgan fingerprint density at radius 1 is 0.875 bits per heavy atom. The first-order valence-corrected chi connectivity index (χ1v) is 14.7. The molecule has 1 atom stereocenters. The van der Waals surface area contributed by atoms with E-state index in [0.717, 1.165) is 20.6 Å². The van der Waals surface area contributed by atoms with Gasteiger partial charge in [0.2, 0.25) is 21.8 Å². The van der Waals surface area contributed by atoms with E-state index >= 15 is 0 Å². The number of benzene rings is 4. The van der Waals surface area contributed by atoms with E-state index in [0.29, 0.717) is 15.6 Å². The summed E-state index contributed by atoms with van der Waals surface area (Å²) in [6.45, 7) is -0.508.